The van der Waals surface area contributed by atoms with Gasteiger partial charge in [0.25, 0.3) is 0 Å². The molecule has 4 heterocycles. The number of allylic oxidation sites excluding steroid dienone is 1. The highest BCUT2D eigenvalue weighted by molar-refractivity contribution is 5.92. The average Bonchev–Trinajstić information content (AvgIpc) is 3.30. The van der Waals surface area contributed by atoms with Crippen LogP contribution in [0.1, 0.15) is 76.2 Å². The number of fused-ring (bicyclic) bond motifs is 1. The average molecular weight is 579 g/mol. The third-order valence-electron chi connectivity index (χ3n) is 10.6. The second kappa shape index (κ2) is 12.0. The Balaban J connectivity index is 1.10. The summed E-state index contributed by atoms with van der Waals surface area (Å²) in [5.74, 6) is 1.59. The van der Waals surface area contributed by atoms with E-state index in [2.05, 4.69) is 46.9 Å². The molecule has 42 heavy (non-hydrogen) atoms. The first kappa shape index (κ1) is 29.2. The molecule has 4 fully saturated rings. The number of nitrogens with one attached hydrogen (secondary N) is 1. The number of halogens is 2. The predicted molar refractivity (Wildman–Crippen MR) is 167 cm³/mol. The van der Waals surface area contributed by atoms with E-state index in [1.807, 2.05) is 4.90 Å². The zero-order chi connectivity index (χ0) is 29.5. The van der Waals surface area contributed by atoms with Crippen molar-refractivity contribution in [2.75, 3.05) is 44.2 Å². The lowest BCUT2D eigenvalue weighted by Gasteiger charge is -2.42. The quantitative estimate of drug-likeness (QED) is 0.405. The molecule has 2 unspecified atom stereocenters. The molecule has 4 aliphatic rings. The van der Waals surface area contributed by atoms with Crippen LogP contribution in [0.4, 0.5) is 14.6 Å². The lowest BCUT2D eigenvalue weighted by molar-refractivity contribution is 0.110. The number of hydrogen-bond acceptors (Lipinski definition) is 5. The highest BCUT2D eigenvalue weighted by Gasteiger charge is 2.35. The van der Waals surface area contributed by atoms with Gasteiger partial charge in [-0.15, -0.1) is 0 Å². The Morgan fingerprint density at radius 2 is 1.76 bits per heavy atom. The van der Waals surface area contributed by atoms with E-state index in [0.717, 1.165) is 44.8 Å². The molecule has 1 aromatic heterocycles. The molecule has 0 radical (unpaired) electrons. The molecule has 1 N–H and O–H groups in total. The van der Waals surface area contributed by atoms with Crippen LogP contribution in [0.25, 0.3) is 10.9 Å². The monoisotopic (exact) mass is 578 g/mol. The van der Waals surface area contributed by atoms with E-state index in [4.69, 9.17) is 0 Å². The molecule has 6 rings (SSSR count). The second-order valence-corrected chi connectivity index (χ2v) is 13.4. The summed E-state index contributed by atoms with van der Waals surface area (Å²) in [5, 5.41) is 8.23. The van der Waals surface area contributed by atoms with Crippen molar-refractivity contribution in [2.24, 2.45) is 24.8 Å². The summed E-state index contributed by atoms with van der Waals surface area (Å²) < 4.78 is 33.5. The lowest BCUT2D eigenvalue weighted by Crippen LogP contribution is -2.44. The first-order chi connectivity index (χ1) is 20.2. The number of aromatic nitrogens is 2. The SMILES string of the molecule is C=C1CCN(c2nn(C)c3c(F)c(C4CCN(CC5CCN(C(=C)C6CCCCC6)CC5)CC4C)c(F)cc23)C(=C)N1. The van der Waals surface area contributed by atoms with Gasteiger partial charge in [-0.25, -0.2) is 8.78 Å². The Labute approximate surface area is 250 Å². The number of likely N-dealkylation sites (tertiary alicyclic amines) is 2. The van der Waals surface area contributed by atoms with Crippen molar-refractivity contribution < 1.29 is 8.78 Å². The number of anilines is 1. The summed E-state index contributed by atoms with van der Waals surface area (Å²) in [7, 11) is 1.73. The number of rotatable bonds is 6. The third kappa shape index (κ3) is 5.59. The number of piperidine rings is 2. The van der Waals surface area contributed by atoms with Crippen LogP contribution in [-0.4, -0.2) is 58.8 Å². The maximum atomic E-state index is 16.2. The summed E-state index contributed by atoms with van der Waals surface area (Å²) >= 11 is 0. The van der Waals surface area contributed by atoms with Gasteiger partial charge in [-0.2, -0.15) is 5.10 Å². The minimum atomic E-state index is -0.470. The van der Waals surface area contributed by atoms with Gasteiger partial charge in [-0.3, -0.25) is 4.68 Å². The van der Waals surface area contributed by atoms with Crippen molar-refractivity contribution in [1.82, 2.24) is 24.9 Å². The van der Waals surface area contributed by atoms with Crippen LogP contribution in [0.5, 0.6) is 0 Å². The molecule has 3 saturated heterocycles. The Morgan fingerprint density at radius 3 is 2.45 bits per heavy atom. The van der Waals surface area contributed by atoms with E-state index in [1.165, 1.54) is 56.7 Å². The predicted octanol–water partition coefficient (Wildman–Crippen LogP) is 6.87. The maximum absolute atomic E-state index is 16.2. The summed E-state index contributed by atoms with van der Waals surface area (Å²) in [6, 6.07) is 1.49. The van der Waals surface area contributed by atoms with Crippen molar-refractivity contribution >= 4 is 16.7 Å². The number of nitrogens with zero attached hydrogens (tertiary/aromatic N) is 5. The molecule has 1 aromatic carbocycles. The molecule has 1 aliphatic carbocycles. The van der Waals surface area contributed by atoms with Gasteiger partial charge in [0.1, 0.15) is 17.2 Å². The van der Waals surface area contributed by atoms with Gasteiger partial charge in [-0.05, 0) is 68.4 Å². The normalized spacial score (nSPS) is 25.3. The minimum Gasteiger partial charge on any atom is -0.375 e. The first-order valence-corrected chi connectivity index (χ1v) is 16.1. The number of benzene rings is 1. The van der Waals surface area contributed by atoms with Crippen molar-refractivity contribution in [3.8, 4) is 0 Å². The van der Waals surface area contributed by atoms with Crippen LogP contribution >= 0.6 is 0 Å². The Kier molecular flexibility index (Phi) is 8.36. The molecule has 228 valence electrons. The van der Waals surface area contributed by atoms with Crippen LogP contribution in [-0.2, 0) is 7.05 Å². The van der Waals surface area contributed by atoms with Crippen molar-refractivity contribution in [3.05, 3.63) is 60.2 Å². The van der Waals surface area contributed by atoms with Gasteiger partial charge in [-0.1, -0.05) is 45.9 Å². The molecule has 2 atom stereocenters. The maximum Gasteiger partial charge on any atom is 0.164 e. The second-order valence-electron chi connectivity index (χ2n) is 13.4. The highest BCUT2D eigenvalue weighted by Crippen LogP contribution is 2.41. The molecule has 0 spiro atoms. The lowest BCUT2D eigenvalue weighted by atomic mass is 9.80. The van der Waals surface area contributed by atoms with Gasteiger partial charge < -0.3 is 20.0 Å². The van der Waals surface area contributed by atoms with E-state index in [1.54, 1.807) is 11.7 Å². The molecule has 0 bridgehead atoms. The van der Waals surface area contributed by atoms with Crippen molar-refractivity contribution in [1.29, 1.82) is 0 Å². The van der Waals surface area contributed by atoms with Crippen molar-refractivity contribution in [3.63, 3.8) is 0 Å². The minimum absolute atomic E-state index is 0.153. The van der Waals surface area contributed by atoms with Gasteiger partial charge >= 0.3 is 0 Å². The van der Waals surface area contributed by atoms with Crippen LogP contribution in [0.2, 0.25) is 0 Å². The largest absolute Gasteiger partial charge is 0.375 e. The van der Waals surface area contributed by atoms with Crippen LogP contribution < -0.4 is 10.2 Å². The standard InChI is InChI=1S/C34H48F2N6/c1-22-20-40(21-26-12-16-41(17-13-26)24(3)27-9-7-6-8-10-27)15-14-28(22)31-30(35)19-29-33(32(31)36)39(5)38-34(29)42-18-11-23(2)37-25(42)4/h19,22,26-28,37H,2-4,6-18,20-21H2,1,5H3. The molecular formula is C34H48F2N6. The Morgan fingerprint density at radius 1 is 1.02 bits per heavy atom. The molecule has 6 nitrogen and oxygen atoms in total. The molecule has 8 heteroatoms. The van der Waals surface area contributed by atoms with E-state index in [-0.39, 0.29) is 17.4 Å². The molecule has 3 aliphatic heterocycles. The summed E-state index contributed by atoms with van der Waals surface area (Å²) in [6.45, 7) is 20.4. The molecule has 0 amide bonds. The fourth-order valence-corrected chi connectivity index (χ4v) is 8.13. The van der Waals surface area contributed by atoms with Gasteiger partial charge in [0.2, 0.25) is 0 Å². The Hall–Kier alpha value is -2.87. The van der Waals surface area contributed by atoms with E-state index in [0.29, 0.717) is 47.3 Å². The summed E-state index contributed by atoms with van der Waals surface area (Å²) in [6.07, 6.45) is 10.6. The topological polar surface area (TPSA) is 39.6 Å². The molecule has 2 aromatic rings. The zero-order valence-electron chi connectivity index (χ0n) is 25.6. The Bertz CT molecular complexity index is 1350. The van der Waals surface area contributed by atoms with Gasteiger partial charge in [0.05, 0.1) is 5.39 Å². The molecule has 1 saturated carbocycles. The van der Waals surface area contributed by atoms with Gasteiger partial charge in [0, 0.05) is 63.1 Å². The first-order valence-electron chi connectivity index (χ1n) is 16.1. The van der Waals surface area contributed by atoms with Gasteiger partial charge in [0.15, 0.2) is 11.6 Å². The molecular weight excluding hydrogens is 530 g/mol. The summed E-state index contributed by atoms with van der Waals surface area (Å²) in [5.41, 5.74) is 2.84. The van der Waals surface area contributed by atoms with E-state index in [9.17, 15) is 0 Å². The zero-order valence-corrected chi connectivity index (χ0v) is 25.6. The smallest absolute Gasteiger partial charge is 0.164 e. The van der Waals surface area contributed by atoms with E-state index >= 15 is 8.78 Å². The number of aryl methyl sites for hydroxylation is 1. The number of hydrogen-bond donors (Lipinski definition) is 1. The van der Waals surface area contributed by atoms with E-state index < -0.39 is 11.6 Å². The van der Waals surface area contributed by atoms with Crippen LogP contribution in [0.15, 0.2) is 43.0 Å². The van der Waals surface area contributed by atoms with Crippen LogP contribution in [0.3, 0.4) is 0 Å². The third-order valence-corrected chi connectivity index (χ3v) is 10.6. The van der Waals surface area contributed by atoms with Crippen LogP contribution in [0, 0.1) is 29.4 Å². The van der Waals surface area contributed by atoms with Crippen molar-refractivity contribution in [2.45, 2.75) is 70.6 Å². The fraction of sp³-hybridized carbons (Fsp3) is 0.618. The highest BCUT2D eigenvalue weighted by atomic mass is 19.1. The summed E-state index contributed by atoms with van der Waals surface area (Å²) in [4.78, 5) is 6.98. The fourth-order valence-electron chi connectivity index (χ4n) is 8.13.